The van der Waals surface area contributed by atoms with Crippen LogP contribution in [0.3, 0.4) is 0 Å². The molecule has 1 aliphatic heterocycles. The number of rotatable bonds is 6. The summed E-state index contributed by atoms with van der Waals surface area (Å²) in [5.41, 5.74) is 0.664. The van der Waals surface area contributed by atoms with Crippen LogP contribution < -0.4 is 0 Å². The Kier molecular flexibility index (Phi) is 6.62. The number of carbonyl (C=O) groups excluding carboxylic acids is 1. The van der Waals surface area contributed by atoms with Crippen LogP contribution in [0.5, 0.6) is 0 Å². The normalized spacial score (nSPS) is 18.0. The van der Waals surface area contributed by atoms with Gasteiger partial charge in [0.2, 0.25) is 0 Å². The number of hydrogen-bond acceptors (Lipinski definition) is 3. The lowest BCUT2D eigenvalue weighted by atomic mass is 9.97. The van der Waals surface area contributed by atoms with Crippen LogP contribution in [0.2, 0.25) is 0 Å². The predicted octanol–water partition coefficient (Wildman–Crippen LogP) is 3.47. The first-order valence-electron chi connectivity index (χ1n) is 9.86. The largest absolute Gasteiger partial charge is 0.416 e. The summed E-state index contributed by atoms with van der Waals surface area (Å²) in [6.07, 6.45) is -0.0427. The SMILES string of the molecule is CN(CC1CCCN(CCc2cccc(C(F)(F)F)c2)C1)C(=O)c1ccnn1C. The van der Waals surface area contributed by atoms with Crippen LogP contribution in [0.1, 0.15) is 34.5 Å². The second-order valence-corrected chi connectivity index (χ2v) is 7.78. The van der Waals surface area contributed by atoms with E-state index in [0.29, 0.717) is 30.1 Å². The summed E-state index contributed by atoms with van der Waals surface area (Å²) in [7, 11) is 3.55. The standard InChI is InChI=1S/C21H27F3N4O/c1-26(20(29)19-8-10-25-27(19)2)14-17-6-4-11-28(15-17)12-9-16-5-3-7-18(13-16)21(22,23)24/h3,5,7-8,10,13,17H,4,6,9,11-12,14-15H2,1-2H3. The fourth-order valence-electron chi connectivity index (χ4n) is 3.94. The molecule has 0 spiro atoms. The fraction of sp³-hybridized carbons (Fsp3) is 0.524. The van der Waals surface area contributed by atoms with E-state index >= 15 is 0 Å². The summed E-state index contributed by atoms with van der Waals surface area (Å²) in [5.74, 6) is 0.304. The van der Waals surface area contributed by atoms with Crippen LogP contribution in [0.4, 0.5) is 13.2 Å². The first-order valence-corrected chi connectivity index (χ1v) is 9.86. The number of hydrogen-bond donors (Lipinski definition) is 0. The summed E-state index contributed by atoms with van der Waals surface area (Å²) in [6, 6.07) is 7.27. The molecule has 3 rings (SSSR count). The van der Waals surface area contributed by atoms with E-state index in [1.807, 2.05) is 0 Å². The Balaban J connectivity index is 1.52. The van der Waals surface area contributed by atoms with Crippen molar-refractivity contribution in [3.63, 3.8) is 0 Å². The number of aryl methyl sites for hydroxylation is 1. The molecule has 5 nitrogen and oxygen atoms in total. The fourth-order valence-corrected chi connectivity index (χ4v) is 3.94. The van der Waals surface area contributed by atoms with E-state index in [1.54, 1.807) is 42.0 Å². The molecule has 2 heterocycles. The van der Waals surface area contributed by atoms with E-state index in [0.717, 1.165) is 38.5 Å². The number of aromatic nitrogens is 2. The van der Waals surface area contributed by atoms with Gasteiger partial charge in [0.15, 0.2) is 0 Å². The van der Waals surface area contributed by atoms with Crippen LogP contribution in [0, 0.1) is 5.92 Å². The number of nitrogens with zero attached hydrogens (tertiary/aromatic N) is 4. The molecule has 158 valence electrons. The maximum atomic E-state index is 12.9. The lowest BCUT2D eigenvalue weighted by molar-refractivity contribution is -0.137. The molecule has 1 fully saturated rings. The second-order valence-electron chi connectivity index (χ2n) is 7.78. The molecule has 1 unspecified atom stereocenters. The number of carbonyl (C=O) groups is 1. The number of piperidine rings is 1. The Labute approximate surface area is 169 Å². The zero-order valence-electron chi connectivity index (χ0n) is 16.8. The van der Waals surface area contributed by atoms with Gasteiger partial charge >= 0.3 is 6.18 Å². The Morgan fingerprint density at radius 3 is 2.79 bits per heavy atom. The molecule has 0 saturated carbocycles. The van der Waals surface area contributed by atoms with Gasteiger partial charge in [0.1, 0.15) is 5.69 Å². The van der Waals surface area contributed by atoms with Gasteiger partial charge in [0, 0.05) is 39.9 Å². The van der Waals surface area contributed by atoms with Crippen molar-refractivity contribution >= 4 is 5.91 Å². The molecule has 1 aliphatic rings. The number of amides is 1. The highest BCUT2D eigenvalue weighted by Crippen LogP contribution is 2.29. The molecule has 1 saturated heterocycles. The molecule has 1 amide bonds. The number of benzene rings is 1. The number of halogens is 3. The summed E-state index contributed by atoms with van der Waals surface area (Å²) in [6.45, 7) is 3.16. The molecule has 0 bridgehead atoms. The van der Waals surface area contributed by atoms with Gasteiger partial charge in [-0.05, 0) is 49.4 Å². The molecule has 1 atom stereocenters. The minimum absolute atomic E-state index is 0.0499. The van der Waals surface area contributed by atoms with Crippen LogP contribution in [-0.4, -0.2) is 58.7 Å². The number of alkyl halides is 3. The third kappa shape index (κ3) is 5.59. The zero-order valence-corrected chi connectivity index (χ0v) is 16.8. The van der Waals surface area contributed by atoms with Gasteiger partial charge < -0.3 is 9.80 Å². The van der Waals surface area contributed by atoms with Crippen molar-refractivity contribution in [1.82, 2.24) is 19.6 Å². The van der Waals surface area contributed by atoms with Crippen molar-refractivity contribution in [3.8, 4) is 0 Å². The lowest BCUT2D eigenvalue weighted by Crippen LogP contribution is -2.42. The molecule has 1 aromatic carbocycles. The van der Waals surface area contributed by atoms with Gasteiger partial charge in [-0.2, -0.15) is 18.3 Å². The van der Waals surface area contributed by atoms with Crippen molar-refractivity contribution in [3.05, 3.63) is 53.3 Å². The third-order valence-electron chi connectivity index (χ3n) is 5.49. The zero-order chi connectivity index (χ0) is 21.0. The van der Waals surface area contributed by atoms with Gasteiger partial charge in [0.05, 0.1) is 5.56 Å². The van der Waals surface area contributed by atoms with E-state index in [-0.39, 0.29) is 5.91 Å². The molecule has 0 radical (unpaired) electrons. The minimum atomic E-state index is -4.31. The van der Waals surface area contributed by atoms with Gasteiger partial charge in [-0.25, -0.2) is 0 Å². The molecular weight excluding hydrogens is 381 g/mol. The van der Waals surface area contributed by atoms with E-state index in [9.17, 15) is 18.0 Å². The summed E-state index contributed by atoms with van der Waals surface area (Å²) in [4.78, 5) is 16.6. The van der Waals surface area contributed by atoms with Gasteiger partial charge in [-0.1, -0.05) is 18.2 Å². The Hall–Kier alpha value is -2.35. The van der Waals surface area contributed by atoms with Crippen molar-refractivity contribution in [2.24, 2.45) is 13.0 Å². The highest BCUT2D eigenvalue weighted by atomic mass is 19.4. The third-order valence-corrected chi connectivity index (χ3v) is 5.49. The first kappa shape index (κ1) is 21.4. The van der Waals surface area contributed by atoms with Crippen molar-refractivity contribution in [2.45, 2.75) is 25.4 Å². The van der Waals surface area contributed by atoms with E-state index in [1.165, 1.54) is 12.1 Å². The molecule has 0 aliphatic carbocycles. The van der Waals surface area contributed by atoms with Crippen LogP contribution in [-0.2, 0) is 19.6 Å². The average molecular weight is 408 g/mol. The van der Waals surface area contributed by atoms with E-state index in [2.05, 4.69) is 10.00 Å². The topological polar surface area (TPSA) is 41.4 Å². The lowest BCUT2D eigenvalue weighted by Gasteiger charge is -2.34. The highest BCUT2D eigenvalue weighted by molar-refractivity contribution is 5.92. The van der Waals surface area contributed by atoms with Crippen molar-refractivity contribution in [2.75, 3.05) is 33.2 Å². The Morgan fingerprint density at radius 2 is 2.10 bits per heavy atom. The molecular formula is C21H27F3N4O. The summed E-state index contributed by atoms with van der Waals surface area (Å²) >= 11 is 0. The molecule has 8 heteroatoms. The average Bonchev–Trinajstić information content (AvgIpc) is 3.11. The van der Waals surface area contributed by atoms with E-state index < -0.39 is 11.7 Å². The Morgan fingerprint density at radius 1 is 1.31 bits per heavy atom. The minimum Gasteiger partial charge on any atom is -0.340 e. The molecule has 1 aromatic heterocycles. The van der Waals surface area contributed by atoms with Gasteiger partial charge in [-0.3, -0.25) is 9.48 Å². The smallest absolute Gasteiger partial charge is 0.340 e. The second kappa shape index (κ2) is 8.98. The Bertz CT molecular complexity index is 833. The van der Waals surface area contributed by atoms with Crippen molar-refractivity contribution in [1.29, 1.82) is 0 Å². The van der Waals surface area contributed by atoms with E-state index in [4.69, 9.17) is 0 Å². The molecule has 0 N–H and O–H groups in total. The van der Waals surface area contributed by atoms with Crippen LogP contribution >= 0.6 is 0 Å². The maximum Gasteiger partial charge on any atom is 0.416 e. The monoisotopic (exact) mass is 408 g/mol. The molecule has 29 heavy (non-hydrogen) atoms. The summed E-state index contributed by atoms with van der Waals surface area (Å²) in [5, 5.41) is 4.04. The quantitative estimate of drug-likeness (QED) is 0.735. The molecule has 2 aromatic rings. The predicted molar refractivity (Wildman–Crippen MR) is 104 cm³/mol. The van der Waals surface area contributed by atoms with Crippen LogP contribution in [0.25, 0.3) is 0 Å². The number of likely N-dealkylation sites (tertiary alicyclic amines) is 1. The summed E-state index contributed by atoms with van der Waals surface area (Å²) < 4.78 is 40.2. The van der Waals surface area contributed by atoms with Gasteiger partial charge in [0.25, 0.3) is 5.91 Å². The van der Waals surface area contributed by atoms with Crippen molar-refractivity contribution < 1.29 is 18.0 Å². The highest BCUT2D eigenvalue weighted by Gasteiger charge is 2.30. The van der Waals surface area contributed by atoms with Crippen LogP contribution in [0.15, 0.2) is 36.5 Å². The first-order chi connectivity index (χ1) is 13.7. The maximum absolute atomic E-state index is 12.9. The van der Waals surface area contributed by atoms with Gasteiger partial charge in [-0.15, -0.1) is 0 Å².